The Morgan fingerprint density at radius 3 is 1.43 bits per heavy atom. The molecule has 23 heavy (non-hydrogen) atoms. The Bertz CT molecular complexity index is 228. The van der Waals surface area contributed by atoms with Crippen LogP contribution in [0.15, 0.2) is 0 Å². The molecule has 0 fully saturated rings. The lowest BCUT2D eigenvalue weighted by atomic mass is 9.94. The zero-order valence-corrected chi connectivity index (χ0v) is 16.0. The summed E-state index contributed by atoms with van der Waals surface area (Å²) in [7, 11) is 0. The molecule has 0 radical (unpaired) electrons. The molecule has 2 heteroatoms. The van der Waals surface area contributed by atoms with Gasteiger partial charge in [-0.1, -0.05) is 104 Å². The quantitative estimate of drug-likeness (QED) is 0.188. The fourth-order valence-corrected chi connectivity index (χ4v) is 3.27. The van der Waals surface area contributed by atoms with Crippen molar-refractivity contribution in [3.63, 3.8) is 0 Å². The van der Waals surface area contributed by atoms with Crippen molar-refractivity contribution in [1.82, 2.24) is 0 Å². The van der Waals surface area contributed by atoms with Crippen LogP contribution in [0.1, 0.15) is 117 Å². The molecule has 0 heterocycles. The molecule has 0 amide bonds. The lowest BCUT2D eigenvalue weighted by Gasteiger charge is -2.15. The molecule has 0 aliphatic carbocycles. The summed E-state index contributed by atoms with van der Waals surface area (Å²) in [5.74, 6) is 0.589. The molecule has 1 unspecified atom stereocenters. The molecule has 0 spiro atoms. The van der Waals surface area contributed by atoms with E-state index in [4.69, 9.17) is 4.74 Å². The molecule has 0 saturated carbocycles. The van der Waals surface area contributed by atoms with Crippen molar-refractivity contribution in [3.8, 4) is 0 Å². The third-order valence-electron chi connectivity index (χ3n) is 4.83. The van der Waals surface area contributed by atoms with Gasteiger partial charge in [0, 0.05) is 0 Å². The fraction of sp³-hybridized carbons (Fsp3) is 0.952. The lowest BCUT2D eigenvalue weighted by Crippen LogP contribution is -2.09. The minimum Gasteiger partial charge on any atom is -0.468 e. The SMILES string of the molecule is CCCCCCCCCCC(CCCCCCCC)COC=O. The zero-order chi connectivity index (χ0) is 17.0. The number of carbonyl (C=O) groups is 1. The lowest BCUT2D eigenvalue weighted by molar-refractivity contribution is -0.130. The molecular weight excluding hydrogens is 284 g/mol. The van der Waals surface area contributed by atoms with Crippen LogP contribution in [-0.2, 0) is 9.53 Å². The van der Waals surface area contributed by atoms with Crippen LogP contribution in [0.5, 0.6) is 0 Å². The van der Waals surface area contributed by atoms with E-state index in [0.717, 1.165) is 0 Å². The topological polar surface area (TPSA) is 26.3 Å². The highest BCUT2D eigenvalue weighted by atomic mass is 16.5. The van der Waals surface area contributed by atoms with Gasteiger partial charge in [0.25, 0.3) is 6.47 Å². The molecule has 0 aromatic rings. The Morgan fingerprint density at radius 1 is 0.652 bits per heavy atom. The standard InChI is InChI=1S/C21H42O2/c1-3-5-7-9-11-12-14-16-18-21(19-23-20-22)17-15-13-10-8-6-4-2/h20-21H,3-19H2,1-2H3. The Kier molecular flexibility index (Phi) is 19.1. The van der Waals surface area contributed by atoms with Crippen LogP contribution in [0.25, 0.3) is 0 Å². The average Bonchev–Trinajstić information content (AvgIpc) is 2.57. The van der Waals surface area contributed by atoms with E-state index in [9.17, 15) is 4.79 Å². The van der Waals surface area contributed by atoms with Gasteiger partial charge in [0.05, 0.1) is 6.61 Å². The minimum absolute atomic E-state index is 0.589. The first-order chi connectivity index (χ1) is 11.3. The Morgan fingerprint density at radius 2 is 1.04 bits per heavy atom. The van der Waals surface area contributed by atoms with E-state index in [0.29, 0.717) is 19.0 Å². The molecule has 0 bridgehead atoms. The number of carbonyl (C=O) groups excluding carboxylic acids is 1. The van der Waals surface area contributed by atoms with Gasteiger partial charge < -0.3 is 4.74 Å². The van der Waals surface area contributed by atoms with E-state index in [1.807, 2.05) is 0 Å². The van der Waals surface area contributed by atoms with Gasteiger partial charge in [-0.15, -0.1) is 0 Å². The van der Waals surface area contributed by atoms with Crippen molar-refractivity contribution in [1.29, 1.82) is 0 Å². The van der Waals surface area contributed by atoms with Gasteiger partial charge in [-0.05, 0) is 18.8 Å². The minimum atomic E-state index is 0.589. The van der Waals surface area contributed by atoms with Crippen LogP contribution in [-0.4, -0.2) is 13.1 Å². The van der Waals surface area contributed by atoms with Gasteiger partial charge in [0.2, 0.25) is 0 Å². The van der Waals surface area contributed by atoms with Crippen LogP contribution in [0.3, 0.4) is 0 Å². The third kappa shape index (κ3) is 17.7. The van der Waals surface area contributed by atoms with Crippen molar-refractivity contribution in [2.24, 2.45) is 5.92 Å². The molecule has 0 aliphatic rings. The monoisotopic (exact) mass is 326 g/mol. The maximum absolute atomic E-state index is 10.4. The highest BCUT2D eigenvalue weighted by Gasteiger charge is 2.09. The van der Waals surface area contributed by atoms with Gasteiger partial charge in [0.1, 0.15) is 0 Å². The zero-order valence-electron chi connectivity index (χ0n) is 16.0. The van der Waals surface area contributed by atoms with E-state index < -0.39 is 0 Å². The van der Waals surface area contributed by atoms with Gasteiger partial charge in [0.15, 0.2) is 0 Å². The highest BCUT2D eigenvalue weighted by Crippen LogP contribution is 2.19. The maximum atomic E-state index is 10.4. The summed E-state index contributed by atoms with van der Waals surface area (Å²) >= 11 is 0. The predicted molar refractivity (Wildman–Crippen MR) is 101 cm³/mol. The van der Waals surface area contributed by atoms with Crippen molar-refractivity contribution in [2.45, 2.75) is 117 Å². The molecule has 1 atom stereocenters. The number of ether oxygens (including phenoxy) is 1. The number of hydrogen-bond acceptors (Lipinski definition) is 2. The summed E-state index contributed by atoms with van der Waals surface area (Å²) in [6, 6.07) is 0. The first-order valence-electron chi connectivity index (χ1n) is 10.4. The molecule has 0 aromatic heterocycles. The third-order valence-corrected chi connectivity index (χ3v) is 4.83. The van der Waals surface area contributed by atoms with Crippen molar-refractivity contribution >= 4 is 6.47 Å². The van der Waals surface area contributed by atoms with Crippen molar-refractivity contribution in [3.05, 3.63) is 0 Å². The Balaban J connectivity index is 3.56. The van der Waals surface area contributed by atoms with E-state index in [1.54, 1.807) is 0 Å². The molecule has 138 valence electrons. The summed E-state index contributed by atoms with van der Waals surface area (Å²) in [5.41, 5.74) is 0. The maximum Gasteiger partial charge on any atom is 0.293 e. The first-order valence-corrected chi connectivity index (χ1v) is 10.4. The normalized spacial score (nSPS) is 12.3. The average molecular weight is 327 g/mol. The number of hydrogen-bond donors (Lipinski definition) is 0. The van der Waals surface area contributed by atoms with Crippen molar-refractivity contribution in [2.75, 3.05) is 6.61 Å². The fourth-order valence-electron chi connectivity index (χ4n) is 3.27. The predicted octanol–water partition coefficient (Wildman–Crippen LogP) is 7.06. The summed E-state index contributed by atoms with van der Waals surface area (Å²) in [4.78, 5) is 10.4. The highest BCUT2D eigenvalue weighted by molar-refractivity contribution is 5.36. The molecule has 2 nitrogen and oxygen atoms in total. The molecule has 0 rings (SSSR count). The molecule has 0 saturated heterocycles. The second kappa shape index (κ2) is 19.5. The second-order valence-corrected chi connectivity index (χ2v) is 7.12. The van der Waals surface area contributed by atoms with Crippen molar-refractivity contribution < 1.29 is 9.53 Å². The number of rotatable bonds is 19. The van der Waals surface area contributed by atoms with Gasteiger partial charge in [-0.3, -0.25) is 4.79 Å². The Hall–Kier alpha value is -0.530. The van der Waals surface area contributed by atoms with E-state index in [2.05, 4.69) is 13.8 Å². The first kappa shape index (κ1) is 22.5. The molecular formula is C21H42O2. The summed E-state index contributed by atoms with van der Waals surface area (Å²) < 4.78 is 5.03. The van der Waals surface area contributed by atoms with Gasteiger partial charge >= 0.3 is 0 Å². The van der Waals surface area contributed by atoms with Crippen LogP contribution in [0.4, 0.5) is 0 Å². The Labute approximate surface area is 145 Å². The van der Waals surface area contributed by atoms with Crippen LogP contribution in [0, 0.1) is 5.92 Å². The summed E-state index contributed by atoms with van der Waals surface area (Å²) in [6.45, 7) is 5.78. The van der Waals surface area contributed by atoms with Crippen LogP contribution >= 0.6 is 0 Å². The van der Waals surface area contributed by atoms with E-state index >= 15 is 0 Å². The van der Waals surface area contributed by atoms with Crippen LogP contribution in [0.2, 0.25) is 0 Å². The molecule has 0 aliphatic heterocycles. The van der Waals surface area contributed by atoms with E-state index in [1.165, 1.54) is 103 Å². The second-order valence-electron chi connectivity index (χ2n) is 7.12. The van der Waals surface area contributed by atoms with Crippen LogP contribution < -0.4 is 0 Å². The summed E-state index contributed by atoms with van der Waals surface area (Å²) in [5, 5.41) is 0. The number of unbranched alkanes of at least 4 members (excludes halogenated alkanes) is 12. The smallest absolute Gasteiger partial charge is 0.293 e. The van der Waals surface area contributed by atoms with E-state index in [-0.39, 0.29) is 0 Å². The summed E-state index contributed by atoms with van der Waals surface area (Å²) in [6.07, 6.45) is 21.5. The molecule has 0 N–H and O–H groups in total. The van der Waals surface area contributed by atoms with Gasteiger partial charge in [-0.25, -0.2) is 0 Å². The molecule has 0 aromatic carbocycles. The van der Waals surface area contributed by atoms with Gasteiger partial charge in [-0.2, -0.15) is 0 Å². The largest absolute Gasteiger partial charge is 0.468 e.